The Morgan fingerprint density at radius 1 is 1.38 bits per heavy atom. The molecule has 66 valence electrons. The Labute approximate surface area is 73.3 Å². The molecule has 6 nitrogen and oxygen atoms in total. The van der Waals surface area contributed by atoms with Crippen LogP contribution in [-0.2, 0) is 0 Å². The molecule has 0 fully saturated rings. The van der Waals surface area contributed by atoms with Gasteiger partial charge in [0.15, 0.2) is 12.1 Å². The Kier molecular flexibility index (Phi) is 1.79. The van der Waals surface area contributed by atoms with Gasteiger partial charge in [-0.15, -0.1) is 5.10 Å². The van der Waals surface area contributed by atoms with E-state index in [-0.39, 0.29) is 5.75 Å². The highest BCUT2D eigenvalue weighted by molar-refractivity contribution is 5.31. The molecule has 0 spiro atoms. The largest absolute Gasteiger partial charge is 0.508 e. The first-order chi connectivity index (χ1) is 6.34. The van der Waals surface area contributed by atoms with Gasteiger partial charge in [0.05, 0.1) is 0 Å². The van der Waals surface area contributed by atoms with Crippen molar-refractivity contribution in [2.75, 3.05) is 0 Å². The van der Waals surface area contributed by atoms with Gasteiger partial charge < -0.3 is 9.94 Å². The summed E-state index contributed by atoms with van der Waals surface area (Å²) >= 11 is 0. The molecular formula is C7H6N4O2. The van der Waals surface area contributed by atoms with E-state index in [2.05, 4.69) is 15.5 Å². The normalized spacial score (nSPS) is 9.85. The summed E-state index contributed by atoms with van der Waals surface area (Å²) < 4.78 is 0. The van der Waals surface area contributed by atoms with Gasteiger partial charge in [-0.05, 0) is 22.6 Å². The van der Waals surface area contributed by atoms with Crippen molar-refractivity contribution in [1.29, 1.82) is 0 Å². The van der Waals surface area contributed by atoms with Crippen molar-refractivity contribution in [2.24, 2.45) is 0 Å². The average Bonchev–Trinajstić information content (AvgIpc) is 2.57. The molecule has 0 aliphatic carbocycles. The Morgan fingerprint density at radius 2 is 2.31 bits per heavy atom. The molecule has 0 atom stereocenters. The van der Waals surface area contributed by atoms with Gasteiger partial charge in [-0.1, -0.05) is 10.9 Å². The number of hydrogen-bond donors (Lipinski definition) is 1. The molecule has 1 heterocycles. The third-order valence-electron chi connectivity index (χ3n) is 1.35. The summed E-state index contributed by atoms with van der Waals surface area (Å²) in [5.74, 6) is 0.595. The molecule has 1 aromatic carbocycles. The highest BCUT2D eigenvalue weighted by Crippen LogP contribution is 2.17. The number of phenolic OH excluding ortho intramolecular Hbond substituents is 1. The van der Waals surface area contributed by atoms with E-state index < -0.39 is 0 Å². The molecule has 0 bridgehead atoms. The topological polar surface area (TPSA) is 73.1 Å². The van der Waals surface area contributed by atoms with E-state index in [9.17, 15) is 0 Å². The van der Waals surface area contributed by atoms with Crippen LogP contribution >= 0.6 is 0 Å². The molecule has 0 aliphatic heterocycles. The third kappa shape index (κ3) is 1.73. The van der Waals surface area contributed by atoms with E-state index in [0.717, 1.165) is 4.85 Å². The lowest BCUT2D eigenvalue weighted by atomic mass is 10.3. The number of phenols is 1. The van der Waals surface area contributed by atoms with Gasteiger partial charge in [-0.25, -0.2) is 0 Å². The number of nitrogens with zero attached hydrogens (tertiary/aromatic N) is 4. The van der Waals surface area contributed by atoms with Crippen LogP contribution in [0.2, 0.25) is 0 Å². The van der Waals surface area contributed by atoms with Crippen LogP contribution in [-0.4, -0.2) is 25.5 Å². The number of benzene rings is 1. The van der Waals surface area contributed by atoms with E-state index >= 15 is 0 Å². The zero-order valence-electron chi connectivity index (χ0n) is 6.53. The monoisotopic (exact) mass is 178 g/mol. The third-order valence-corrected chi connectivity index (χ3v) is 1.35. The van der Waals surface area contributed by atoms with Crippen LogP contribution in [0.25, 0.3) is 0 Å². The van der Waals surface area contributed by atoms with E-state index in [1.54, 1.807) is 18.2 Å². The second-order valence-corrected chi connectivity index (χ2v) is 2.30. The van der Waals surface area contributed by atoms with Crippen LogP contribution in [0.15, 0.2) is 30.6 Å². The molecule has 2 aromatic rings. The SMILES string of the molecule is Oc1cccc(On2cnnn2)c1. The Hall–Kier alpha value is -2.11. The lowest BCUT2D eigenvalue weighted by Gasteiger charge is -2.01. The van der Waals surface area contributed by atoms with Crippen molar-refractivity contribution in [3.8, 4) is 11.5 Å². The lowest BCUT2D eigenvalue weighted by molar-refractivity contribution is 0.172. The van der Waals surface area contributed by atoms with Gasteiger partial charge in [0, 0.05) is 6.07 Å². The molecule has 1 N–H and O–H groups in total. The highest BCUT2D eigenvalue weighted by Gasteiger charge is 1.97. The van der Waals surface area contributed by atoms with Crippen molar-refractivity contribution < 1.29 is 9.94 Å². The van der Waals surface area contributed by atoms with Crippen molar-refractivity contribution >= 4 is 0 Å². The molecule has 0 saturated heterocycles. The molecule has 0 aliphatic rings. The molecule has 0 radical (unpaired) electrons. The molecule has 0 amide bonds. The van der Waals surface area contributed by atoms with Crippen molar-refractivity contribution in [2.45, 2.75) is 0 Å². The van der Waals surface area contributed by atoms with Gasteiger partial charge in [0.1, 0.15) is 5.75 Å². The van der Waals surface area contributed by atoms with E-state index in [4.69, 9.17) is 9.94 Å². The second kappa shape index (κ2) is 3.10. The zero-order chi connectivity index (χ0) is 9.10. The fourth-order valence-electron chi connectivity index (χ4n) is 0.843. The van der Waals surface area contributed by atoms with Crippen molar-refractivity contribution in [3.63, 3.8) is 0 Å². The van der Waals surface area contributed by atoms with Gasteiger partial charge in [-0.2, -0.15) is 0 Å². The first-order valence-electron chi connectivity index (χ1n) is 3.55. The minimum Gasteiger partial charge on any atom is -0.508 e. The van der Waals surface area contributed by atoms with Crippen molar-refractivity contribution in [3.05, 3.63) is 30.6 Å². The second-order valence-electron chi connectivity index (χ2n) is 2.30. The number of aromatic nitrogens is 4. The highest BCUT2D eigenvalue weighted by atomic mass is 16.7. The molecule has 0 unspecified atom stereocenters. The fourth-order valence-corrected chi connectivity index (χ4v) is 0.843. The summed E-state index contributed by atoms with van der Waals surface area (Å²) in [7, 11) is 0. The number of hydrogen-bond acceptors (Lipinski definition) is 5. The van der Waals surface area contributed by atoms with Crippen LogP contribution in [0.1, 0.15) is 0 Å². The number of aromatic hydroxyl groups is 1. The fraction of sp³-hybridized carbons (Fsp3) is 0. The summed E-state index contributed by atoms with van der Waals surface area (Å²) in [4.78, 5) is 6.21. The average molecular weight is 178 g/mol. The molecular weight excluding hydrogens is 172 g/mol. The van der Waals surface area contributed by atoms with Crippen LogP contribution in [0.3, 0.4) is 0 Å². The first kappa shape index (κ1) is 7.53. The maximum Gasteiger partial charge on any atom is 0.180 e. The molecule has 6 heteroatoms. The Morgan fingerprint density at radius 3 is 3.00 bits per heavy atom. The summed E-state index contributed by atoms with van der Waals surface area (Å²) in [5, 5.41) is 19.4. The maximum absolute atomic E-state index is 9.10. The van der Waals surface area contributed by atoms with Gasteiger partial charge in [0.2, 0.25) is 0 Å². The van der Waals surface area contributed by atoms with Gasteiger partial charge in [0.25, 0.3) is 0 Å². The summed E-state index contributed by atoms with van der Waals surface area (Å²) in [6, 6.07) is 6.35. The first-order valence-corrected chi connectivity index (χ1v) is 3.55. The van der Waals surface area contributed by atoms with Gasteiger partial charge >= 0.3 is 0 Å². The minimum atomic E-state index is 0.130. The number of rotatable bonds is 2. The van der Waals surface area contributed by atoms with E-state index in [1.165, 1.54) is 12.4 Å². The van der Waals surface area contributed by atoms with Crippen LogP contribution in [0.5, 0.6) is 11.5 Å². The Bertz CT molecular complexity index is 387. The standard InChI is InChI=1S/C7H6N4O2/c12-6-2-1-3-7(4-6)13-11-5-8-9-10-11/h1-5,12H. The lowest BCUT2D eigenvalue weighted by Crippen LogP contribution is -2.05. The molecule has 0 saturated carbocycles. The van der Waals surface area contributed by atoms with Crippen LogP contribution in [0.4, 0.5) is 0 Å². The minimum absolute atomic E-state index is 0.130. The summed E-state index contributed by atoms with van der Waals surface area (Å²) in [6.07, 6.45) is 1.31. The summed E-state index contributed by atoms with van der Waals surface area (Å²) in [6.45, 7) is 0. The molecule has 1 aromatic heterocycles. The summed E-state index contributed by atoms with van der Waals surface area (Å²) in [5.41, 5.74) is 0. The van der Waals surface area contributed by atoms with Crippen LogP contribution in [0, 0.1) is 0 Å². The van der Waals surface area contributed by atoms with Gasteiger partial charge in [-0.3, -0.25) is 0 Å². The zero-order valence-corrected chi connectivity index (χ0v) is 6.53. The predicted octanol–water partition coefficient (Wildman–Crippen LogP) is 0.221. The van der Waals surface area contributed by atoms with E-state index in [0.29, 0.717) is 5.75 Å². The molecule has 13 heavy (non-hydrogen) atoms. The van der Waals surface area contributed by atoms with E-state index in [1.807, 2.05) is 0 Å². The molecule has 2 rings (SSSR count). The van der Waals surface area contributed by atoms with Crippen LogP contribution < -0.4 is 4.84 Å². The smallest absolute Gasteiger partial charge is 0.180 e. The Balaban J connectivity index is 2.19. The van der Waals surface area contributed by atoms with Crippen molar-refractivity contribution in [1.82, 2.24) is 20.4 Å². The number of tetrazole rings is 1. The predicted molar refractivity (Wildman–Crippen MR) is 41.9 cm³/mol. The quantitative estimate of drug-likeness (QED) is 0.712. The maximum atomic E-state index is 9.10.